The third-order valence-electron chi connectivity index (χ3n) is 6.83. The lowest BCUT2D eigenvalue weighted by Crippen LogP contribution is -2.35. The molecule has 0 amide bonds. The molecule has 7 heteroatoms. The van der Waals surface area contributed by atoms with E-state index < -0.39 is 0 Å². The highest BCUT2D eigenvalue weighted by Crippen LogP contribution is 2.55. The van der Waals surface area contributed by atoms with Crippen LogP contribution in [0.15, 0.2) is 64.8 Å². The molecule has 5 rings (SSSR count). The first kappa shape index (κ1) is 22.9. The topological polar surface area (TPSA) is 51.8 Å². The van der Waals surface area contributed by atoms with E-state index in [2.05, 4.69) is 46.4 Å². The maximum Gasteiger partial charge on any atom is 0.148 e. The Hall–Kier alpha value is -1.30. The van der Waals surface area contributed by atoms with Gasteiger partial charge in [-0.25, -0.2) is 9.97 Å². The minimum atomic E-state index is 0. The highest BCUT2D eigenvalue weighted by molar-refractivity contribution is 7.99. The fraction of sp³-hybridized carbons (Fsp3) is 0.333. The van der Waals surface area contributed by atoms with Gasteiger partial charge in [-0.3, -0.25) is 0 Å². The lowest BCUT2D eigenvalue weighted by molar-refractivity contribution is 0.149. The van der Waals surface area contributed by atoms with Gasteiger partial charge in [0.25, 0.3) is 0 Å². The predicted molar refractivity (Wildman–Crippen MR) is 131 cm³/mol. The molecule has 1 fully saturated rings. The third kappa shape index (κ3) is 4.34. The van der Waals surface area contributed by atoms with E-state index in [0.29, 0.717) is 16.1 Å². The van der Waals surface area contributed by atoms with E-state index in [4.69, 9.17) is 28.9 Å². The number of pyridine rings is 2. The molecule has 162 valence electrons. The molecule has 1 aromatic carbocycles. The van der Waals surface area contributed by atoms with E-state index >= 15 is 0 Å². The Kier molecular flexibility index (Phi) is 6.85. The van der Waals surface area contributed by atoms with E-state index in [1.165, 1.54) is 54.1 Å². The summed E-state index contributed by atoms with van der Waals surface area (Å²) in [5, 5.41) is 1.70. The Morgan fingerprint density at radius 2 is 1.77 bits per heavy atom. The largest absolute Gasteiger partial charge is 0.323 e. The lowest BCUT2D eigenvalue weighted by Gasteiger charge is -2.40. The monoisotopic (exact) mass is 491 g/mol. The molecule has 0 aliphatic heterocycles. The fourth-order valence-electron chi connectivity index (χ4n) is 5.12. The van der Waals surface area contributed by atoms with Gasteiger partial charge >= 0.3 is 0 Å². The van der Waals surface area contributed by atoms with Crippen LogP contribution >= 0.6 is 47.4 Å². The molecular weight excluding hydrogens is 469 g/mol. The van der Waals surface area contributed by atoms with Gasteiger partial charge in [-0.05, 0) is 72.3 Å². The molecule has 0 bridgehead atoms. The smallest absolute Gasteiger partial charge is 0.148 e. The zero-order chi connectivity index (χ0) is 20.7. The molecule has 2 aliphatic carbocycles. The van der Waals surface area contributed by atoms with E-state index in [0.717, 1.165) is 16.3 Å². The van der Waals surface area contributed by atoms with Crippen molar-refractivity contribution < 1.29 is 0 Å². The van der Waals surface area contributed by atoms with Crippen LogP contribution in [0.4, 0.5) is 0 Å². The average Bonchev–Trinajstić information content (AvgIpc) is 3.04. The number of benzene rings is 1. The number of aromatic nitrogens is 2. The standard InChI is InChI=1S/C24H23Cl2N3S.ClH/c25-21-19(9-12-28-23(21)26)30-20-6-5-17(14-29-20)15-7-10-24(11-8-15)13-16-3-1-2-4-18(16)22(24)27;/h1-6,9,12,14-15,22H,7-8,10-11,13,27H2;1H. The van der Waals surface area contributed by atoms with Crippen LogP contribution in [-0.2, 0) is 6.42 Å². The van der Waals surface area contributed by atoms with Crippen LogP contribution in [-0.4, -0.2) is 9.97 Å². The molecule has 2 heterocycles. The van der Waals surface area contributed by atoms with Gasteiger partial charge in [0.15, 0.2) is 0 Å². The van der Waals surface area contributed by atoms with Crippen LogP contribution in [0.5, 0.6) is 0 Å². The summed E-state index contributed by atoms with van der Waals surface area (Å²) < 4.78 is 0. The summed E-state index contributed by atoms with van der Waals surface area (Å²) in [5.74, 6) is 0.553. The molecule has 1 spiro atoms. The molecule has 2 aromatic heterocycles. The second-order valence-electron chi connectivity index (χ2n) is 8.44. The Morgan fingerprint density at radius 1 is 1.00 bits per heavy atom. The number of hydrogen-bond donors (Lipinski definition) is 1. The van der Waals surface area contributed by atoms with Gasteiger partial charge in [-0.15, -0.1) is 12.4 Å². The number of fused-ring (bicyclic) bond motifs is 1. The molecule has 2 N–H and O–H groups in total. The minimum Gasteiger partial charge on any atom is -0.323 e. The number of nitrogens with two attached hydrogens (primary N) is 1. The van der Waals surface area contributed by atoms with Crippen molar-refractivity contribution in [1.82, 2.24) is 9.97 Å². The molecule has 3 nitrogen and oxygen atoms in total. The summed E-state index contributed by atoms with van der Waals surface area (Å²) in [7, 11) is 0. The van der Waals surface area contributed by atoms with Gasteiger partial charge in [0.2, 0.25) is 0 Å². The summed E-state index contributed by atoms with van der Waals surface area (Å²) in [6.45, 7) is 0. The lowest BCUT2D eigenvalue weighted by atomic mass is 9.66. The van der Waals surface area contributed by atoms with Crippen LogP contribution in [0.2, 0.25) is 10.2 Å². The van der Waals surface area contributed by atoms with Gasteiger partial charge in [0, 0.05) is 23.3 Å². The molecule has 1 unspecified atom stereocenters. The molecule has 31 heavy (non-hydrogen) atoms. The summed E-state index contributed by atoms with van der Waals surface area (Å²) in [5.41, 5.74) is 11.1. The van der Waals surface area contributed by atoms with Gasteiger partial charge in [0.05, 0.1) is 5.02 Å². The molecular formula is C24H24Cl3N3S. The first-order chi connectivity index (χ1) is 14.6. The van der Waals surface area contributed by atoms with Crippen LogP contribution in [0.3, 0.4) is 0 Å². The van der Waals surface area contributed by atoms with Crippen LogP contribution < -0.4 is 5.73 Å². The van der Waals surface area contributed by atoms with Gasteiger partial charge in [-0.1, -0.05) is 65.3 Å². The summed E-state index contributed by atoms with van der Waals surface area (Å²) in [4.78, 5) is 9.54. The summed E-state index contributed by atoms with van der Waals surface area (Å²) in [6.07, 6.45) is 9.49. The fourth-order valence-corrected chi connectivity index (χ4v) is 6.34. The highest BCUT2D eigenvalue weighted by atomic mass is 35.5. The second-order valence-corrected chi connectivity index (χ2v) is 10.2. The van der Waals surface area contributed by atoms with E-state index in [1.54, 1.807) is 6.20 Å². The second kappa shape index (κ2) is 9.29. The molecule has 0 saturated heterocycles. The van der Waals surface area contributed by atoms with E-state index in [-0.39, 0.29) is 23.9 Å². The maximum atomic E-state index is 6.72. The van der Waals surface area contributed by atoms with Crippen molar-refractivity contribution in [2.24, 2.45) is 11.1 Å². The van der Waals surface area contributed by atoms with Gasteiger partial charge < -0.3 is 5.73 Å². The van der Waals surface area contributed by atoms with Gasteiger partial charge in [-0.2, -0.15) is 0 Å². The molecule has 3 aromatic rings. The van der Waals surface area contributed by atoms with Crippen molar-refractivity contribution in [1.29, 1.82) is 0 Å². The molecule has 0 radical (unpaired) electrons. The third-order valence-corrected chi connectivity index (χ3v) is 8.72. The SMILES string of the molecule is Cl.NC1c2ccccc2CC12CCC(c1ccc(Sc3ccnc(Cl)c3Cl)nc1)CC2. The Labute approximate surface area is 203 Å². The summed E-state index contributed by atoms with van der Waals surface area (Å²) >= 11 is 13.8. The van der Waals surface area contributed by atoms with Crippen molar-refractivity contribution in [3.05, 3.63) is 81.7 Å². The van der Waals surface area contributed by atoms with Crippen LogP contribution in [0.1, 0.15) is 54.3 Å². The zero-order valence-electron chi connectivity index (χ0n) is 16.9. The van der Waals surface area contributed by atoms with Crippen molar-refractivity contribution in [2.75, 3.05) is 0 Å². The Bertz CT molecular complexity index is 1070. The molecule has 2 aliphatic rings. The first-order valence-electron chi connectivity index (χ1n) is 10.3. The van der Waals surface area contributed by atoms with Crippen LogP contribution in [0, 0.1) is 5.41 Å². The number of hydrogen-bond acceptors (Lipinski definition) is 4. The normalized spacial score (nSPS) is 24.6. The maximum absolute atomic E-state index is 6.72. The quantitative estimate of drug-likeness (QED) is 0.391. The van der Waals surface area contributed by atoms with E-state index in [1.807, 2.05) is 12.3 Å². The minimum absolute atomic E-state index is 0. The molecule has 1 atom stereocenters. The number of nitrogens with zero attached hydrogens (tertiary/aromatic N) is 2. The number of halogens is 3. The first-order valence-corrected chi connectivity index (χ1v) is 11.9. The zero-order valence-corrected chi connectivity index (χ0v) is 20.1. The van der Waals surface area contributed by atoms with Crippen molar-refractivity contribution in [3.63, 3.8) is 0 Å². The number of rotatable bonds is 3. The average molecular weight is 493 g/mol. The highest BCUT2D eigenvalue weighted by Gasteiger charge is 2.46. The van der Waals surface area contributed by atoms with E-state index in [9.17, 15) is 0 Å². The van der Waals surface area contributed by atoms with Crippen LogP contribution in [0.25, 0.3) is 0 Å². The molecule has 1 saturated carbocycles. The van der Waals surface area contributed by atoms with Crippen molar-refractivity contribution >= 4 is 47.4 Å². The van der Waals surface area contributed by atoms with Crippen molar-refractivity contribution in [3.8, 4) is 0 Å². The Morgan fingerprint density at radius 3 is 2.48 bits per heavy atom. The van der Waals surface area contributed by atoms with Crippen molar-refractivity contribution in [2.45, 2.75) is 54.0 Å². The summed E-state index contributed by atoms with van der Waals surface area (Å²) in [6, 6.07) is 15.0. The predicted octanol–water partition coefficient (Wildman–Crippen LogP) is 7.26. The van der Waals surface area contributed by atoms with Gasteiger partial charge in [0.1, 0.15) is 10.2 Å². The Balaban J connectivity index is 0.00000231.